The van der Waals surface area contributed by atoms with Gasteiger partial charge in [0.1, 0.15) is 5.75 Å². The Kier molecular flexibility index (Phi) is 8.46. The molecule has 2 amide bonds. The van der Waals surface area contributed by atoms with Crippen molar-refractivity contribution in [1.82, 2.24) is 0 Å². The molecule has 0 aromatic heterocycles. The molecule has 3 aromatic rings. The Morgan fingerprint density at radius 1 is 1.00 bits per heavy atom. The molecule has 1 atom stereocenters. The van der Waals surface area contributed by atoms with Crippen LogP contribution < -0.4 is 15.4 Å². The first-order valence-electron chi connectivity index (χ1n) is 10.0. The van der Waals surface area contributed by atoms with Gasteiger partial charge < -0.3 is 15.4 Å². The molecular weight excluding hydrogens is 489 g/mol. The zero-order chi connectivity index (χ0) is 24.7. The highest BCUT2D eigenvalue weighted by molar-refractivity contribution is 8.00. The standard InChI is InChI=1S/C24H20ClF3N2O3S/c1-15(23(32)30-21-11-10-16(25)12-20(21)24(26,27)28)34-19-9-5-6-17(13-19)29-22(31)14-33-18-7-3-2-4-8-18/h2-13,15H,14H2,1H3,(H,29,31)(H,30,32). The lowest BCUT2D eigenvalue weighted by Gasteiger charge is -2.17. The molecule has 10 heteroatoms. The minimum atomic E-state index is -4.67. The van der Waals surface area contributed by atoms with Crippen LogP contribution in [0.1, 0.15) is 12.5 Å². The number of carbonyl (C=O) groups is 2. The van der Waals surface area contributed by atoms with Crippen molar-refractivity contribution in [2.75, 3.05) is 17.2 Å². The summed E-state index contributed by atoms with van der Waals surface area (Å²) in [6, 6.07) is 18.8. The van der Waals surface area contributed by atoms with Crippen molar-refractivity contribution in [1.29, 1.82) is 0 Å². The maximum atomic E-state index is 13.3. The maximum Gasteiger partial charge on any atom is 0.418 e. The van der Waals surface area contributed by atoms with E-state index in [-0.39, 0.29) is 23.2 Å². The third-order valence-corrected chi connectivity index (χ3v) is 5.79. The average Bonchev–Trinajstić information content (AvgIpc) is 2.79. The SMILES string of the molecule is CC(Sc1cccc(NC(=O)COc2ccccc2)c1)C(=O)Nc1ccc(Cl)cc1C(F)(F)F. The lowest BCUT2D eigenvalue weighted by atomic mass is 10.1. The number of hydrogen-bond donors (Lipinski definition) is 2. The van der Waals surface area contributed by atoms with E-state index in [1.807, 2.05) is 6.07 Å². The summed E-state index contributed by atoms with van der Waals surface area (Å²) in [5.74, 6) is -0.404. The highest BCUT2D eigenvalue weighted by Crippen LogP contribution is 2.37. The molecule has 0 aliphatic heterocycles. The maximum absolute atomic E-state index is 13.3. The molecule has 1 unspecified atom stereocenters. The van der Waals surface area contributed by atoms with Crippen LogP contribution in [0.5, 0.6) is 5.75 Å². The first kappa shape index (κ1) is 25.5. The van der Waals surface area contributed by atoms with E-state index in [1.54, 1.807) is 55.5 Å². The highest BCUT2D eigenvalue weighted by atomic mass is 35.5. The van der Waals surface area contributed by atoms with Crippen molar-refractivity contribution >= 4 is 46.6 Å². The first-order valence-corrected chi connectivity index (χ1v) is 11.3. The van der Waals surface area contributed by atoms with Gasteiger partial charge in [-0.2, -0.15) is 13.2 Å². The van der Waals surface area contributed by atoms with Crippen LogP contribution in [-0.4, -0.2) is 23.7 Å². The molecule has 3 aromatic carbocycles. The molecule has 0 heterocycles. The van der Waals surface area contributed by atoms with E-state index in [4.69, 9.17) is 16.3 Å². The van der Waals surface area contributed by atoms with Crippen molar-refractivity contribution in [2.24, 2.45) is 0 Å². The lowest BCUT2D eigenvalue weighted by molar-refractivity contribution is -0.137. The van der Waals surface area contributed by atoms with Crippen LogP contribution in [0, 0.1) is 0 Å². The number of rotatable bonds is 8. The predicted molar refractivity (Wildman–Crippen MR) is 127 cm³/mol. The van der Waals surface area contributed by atoms with Crippen molar-refractivity contribution in [3.05, 3.63) is 83.4 Å². The van der Waals surface area contributed by atoms with Gasteiger partial charge in [0.15, 0.2) is 6.61 Å². The van der Waals surface area contributed by atoms with Crippen molar-refractivity contribution < 1.29 is 27.5 Å². The minimum absolute atomic E-state index is 0.0826. The molecule has 0 aliphatic rings. The summed E-state index contributed by atoms with van der Waals surface area (Å²) in [7, 11) is 0. The smallest absolute Gasteiger partial charge is 0.418 e. The summed E-state index contributed by atoms with van der Waals surface area (Å²) in [5.41, 5.74) is -0.891. The summed E-state index contributed by atoms with van der Waals surface area (Å²) in [6.07, 6.45) is -4.67. The number of nitrogens with one attached hydrogen (secondary N) is 2. The van der Waals surface area contributed by atoms with Crippen LogP contribution in [0.25, 0.3) is 0 Å². The summed E-state index contributed by atoms with van der Waals surface area (Å²) in [4.78, 5) is 25.4. The number of anilines is 2. The van der Waals surface area contributed by atoms with Crippen LogP contribution in [0.2, 0.25) is 5.02 Å². The fourth-order valence-electron chi connectivity index (χ4n) is 2.86. The number of halogens is 4. The van der Waals surface area contributed by atoms with Crippen LogP contribution in [-0.2, 0) is 15.8 Å². The molecule has 0 aliphatic carbocycles. The molecule has 0 radical (unpaired) electrons. The van der Waals surface area contributed by atoms with Crippen molar-refractivity contribution in [3.8, 4) is 5.75 Å². The molecule has 0 saturated carbocycles. The molecule has 0 spiro atoms. The quantitative estimate of drug-likeness (QED) is 0.341. The monoisotopic (exact) mass is 508 g/mol. The van der Waals surface area contributed by atoms with Gasteiger partial charge in [-0.05, 0) is 55.5 Å². The van der Waals surface area contributed by atoms with E-state index in [9.17, 15) is 22.8 Å². The molecule has 34 heavy (non-hydrogen) atoms. The topological polar surface area (TPSA) is 67.4 Å². The van der Waals surface area contributed by atoms with Gasteiger partial charge in [0, 0.05) is 15.6 Å². The third kappa shape index (κ3) is 7.43. The number of ether oxygens (including phenoxy) is 1. The fourth-order valence-corrected chi connectivity index (χ4v) is 3.96. The van der Waals surface area contributed by atoms with Gasteiger partial charge in [0.05, 0.1) is 16.5 Å². The van der Waals surface area contributed by atoms with E-state index in [2.05, 4.69) is 10.6 Å². The number of benzene rings is 3. The fraction of sp³-hybridized carbons (Fsp3) is 0.167. The van der Waals surface area contributed by atoms with Gasteiger partial charge in [-0.1, -0.05) is 35.9 Å². The Labute approximate surface area is 203 Å². The number of para-hydroxylation sites is 1. The van der Waals surface area contributed by atoms with Gasteiger partial charge in [0.25, 0.3) is 5.91 Å². The molecule has 2 N–H and O–H groups in total. The second kappa shape index (κ2) is 11.3. The number of alkyl halides is 3. The second-order valence-electron chi connectivity index (χ2n) is 7.11. The number of amides is 2. The number of carbonyl (C=O) groups excluding carboxylic acids is 2. The zero-order valence-corrected chi connectivity index (χ0v) is 19.4. The predicted octanol–water partition coefficient (Wildman–Crippen LogP) is 6.50. The summed E-state index contributed by atoms with van der Waals surface area (Å²) in [5, 5.41) is 4.23. The Morgan fingerprint density at radius 3 is 2.44 bits per heavy atom. The number of hydrogen-bond acceptors (Lipinski definition) is 4. The van der Waals surface area contributed by atoms with Gasteiger partial charge in [-0.15, -0.1) is 11.8 Å². The van der Waals surface area contributed by atoms with Crippen molar-refractivity contribution in [3.63, 3.8) is 0 Å². The molecule has 3 rings (SSSR count). The summed E-state index contributed by atoms with van der Waals surface area (Å²) < 4.78 is 45.2. The average molecular weight is 509 g/mol. The largest absolute Gasteiger partial charge is 0.484 e. The number of thioether (sulfide) groups is 1. The Balaban J connectivity index is 1.59. The van der Waals surface area contributed by atoms with Crippen LogP contribution in [0.3, 0.4) is 0 Å². The van der Waals surface area contributed by atoms with Gasteiger partial charge >= 0.3 is 6.18 Å². The van der Waals surface area contributed by atoms with Gasteiger partial charge in [-0.25, -0.2) is 0 Å². The highest BCUT2D eigenvalue weighted by Gasteiger charge is 2.34. The Hall–Kier alpha value is -3.17. The zero-order valence-electron chi connectivity index (χ0n) is 17.9. The Morgan fingerprint density at radius 2 is 1.74 bits per heavy atom. The lowest BCUT2D eigenvalue weighted by Crippen LogP contribution is -2.24. The van der Waals surface area contributed by atoms with E-state index in [0.29, 0.717) is 16.3 Å². The van der Waals surface area contributed by atoms with E-state index in [0.717, 1.165) is 23.9 Å². The molecule has 5 nitrogen and oxygen atoms in total. The van der Waals surface area contributed by atoms with Crippen LogP contribution in [0.15, 0.2) is 77.7 Å². The van der Waals surface area contributed by atoms with E-state index in [1.165, 1.54) is 6.07 Å². The van der Waals surface area contributed by atoms with Crippen LogP contribution in [0.4, 0.5) is 24.5 Å². The summed E-state index contributed by atoms with van der Waals surface area (Å²) in [6.45, 7) is 1.39. The molecule has 0 saturated heterocycles. The van der Waals surface area contributed by atoms with Gasteiger partial charge in [0.2, 0.25) is 5.91 Å². The van der Waals surface area contributed by atoms with Gasteiger partial charge in [-0.3, -0.25) is 9.59 Å². The summed E-state index contributed by atoms with van der Waals surface area (Å²) >= 11 is 6.81. The minimum Gasteiger partial charge on any atom is -0.484 e. The van der Waals surface area contributed by atoms with Crippen molar-refractivity contribution in [2.45, 2.75) is 23.2 Å². The molecule has 178 valence electrons. The Bertz CT molecular complexity index is 1160. The third-order valence-electron chi connectivity index (χ3n) is 4.46. The molecular formula is C24H20ClF3N2O3S. The van der Waals surface area contributed by atoms with E-state index >= 15 is 0 Å². The molecule has 0 bridgehead atoms. The second-order valence-corrected chi connectivity index (χ2v) is 8.97. The first-order chi connectivity index (χ1) is 16.1. The van der Waals surface area contributed by atoms with E-state index < -0.39 is 22.9 Å². The normalized spacial score (nSPS) is 12.0. The van der Waals surface area contributed by atoms with Crippen LogP contribution >= 0.6 is 23.4 Å². The molecule has 0 fully saturated rings.